The van der Waals surface area contributed by atoms with Crippen molar-refractivity contribution >= 4 is 0 Å². The number of methoxy groups -OCH3 is 2. The summed E-state index contributed by atoms with van der Waals surface area (Å²) in [4.78, 5) is 0. The molecule has 0 bridgehead atoms. The summed E-state index contributed by atoms with van der Waals surface area (Å²) in [6.45, 7) is 5.30. The van der Waals surface area contributed by atoms with E-state index >= 15 is 0 Å². The predicted octanol–water partition coefficient (Wildman–Crippen LogP) is 3.72. The summed E-state index contributed by atoms with van der Waals surface area (Å²) in [5, 5.41) is 3.59. The normalized spacial score (nSPS) is 11.7. The van der Waals surface area contributed by atoms with E-state index in [-0.39, 0.29) is 6.29 Å². The van der Waals surface area contributed by atoms with Crippen molar-refractivity contribution in [3.05, 3.63) is 0 Å². The SMILES string of the molecule is CCCCCC(CCCCC)NCC(OC)OC. The first-order valence-electron chi connectivity index (χ1n) is 7.57. The summed E-state index contributed by atoms with van der Waals surface area (Å²) < 4.78 is 10.4. The Labute approximate surface area is 114 Å². The summed E-state index contributed by atoms with van der Waals surface area (Å²) in [6.07, 6.45) is 10.3. The van der Waals surface area contributed by atoms with Crippen molar-refractivity contribution in [2.24, 2.45) is 0 Å². The van der Waals surface area contributed by atoms with Gasteiger partial charge in [-0.1, -0.05) is 52.4 Å². The highest BCUT2D eigenvalue weighted by atomic mass is 16.7. The fourth-order valence-corrected chi connectivity index (χ4v) is 2.16. The average Bonchev–Trinajstić information content (AvgIpc) is 2.39. The Morgan fingerprint density at radius 3 is 1.72 bits per heavy atom. The maximum atomic E-state index is 5.22. The molecule has 0 spiro atoms. The number of hydrogen-bond acceptors (Lipinski definition) is 3. The van der Waals surface area contributed by atoms with E-state index in [0.717, 1.165) is 6.54 Å². The number of rotatable bonds is 13. The van der Waals surface area contributed by atoms with Crippen LogP contribution >= 0.6 is 0 Å². The van der Waals surface area contributed by atoms with Gasteiger partial charge in [-0.25, -0.2) is 0 Å². The molecule has 0 saturated carbocycles. The minimum atomic E-state index is -0.121. The van der Waals surface area contributed by atoms with Crippen molar-refractivity contribution in [1.29, 1.82) is 0 Å². The quantitative estimate of drug-likeness (QED) is 0.404. The lowest BCUT2D eigenvalue weighted by Gasteiger charge is -2.21. The van der Waals surface area contributed by atoms with Crippen LogP contribution < -0.4 is 5.32 Å². The van der Waals surface area contributed by atoms with E-state index in [1.165, 1.54) is 51.4 Å². The highest BCUT2D eigenvalue weighted by Crippen LogP contribution is 2.11. The molecule has 0 aromatic heterocycles. The first kappa shape index (κ1) is 17.9. The van der Waals surface area contributed by atoms with Crippen molar-refractivity contribution in [2.45, 2.75) is 77.5 Å². The fraction of sp³-hybridized carbons (Fsp3) is 1.00. The van der Waals surface area contributed by atoms with Crippen LogP contribution in [0.25, 0.3) is 0 Å². The molecule has 0 rings (SSSR count). The lowest BCUT2D eigenvalue weighted by atomic mass is 10.0. The third-order valence-electron chi connectivity index (χ3n) is 3.41. The van der Waals surface area contributed by atoms with Gasteiger partial charge in [0.05, 0.1) is 0 Å². The van der Waals surface area contributed by atoms with Gasteiger partial charge in [0.25, 0.3) is 0 Å². The van der Waals surface area contributed by atoms with Gasteiger partial charge in [-0.05, 0) is 12.8 Å². The molecule has 0 aromatic carbocycles. The van der Waals surface area contributed by atoms with Crippen LogP contribution in [-0.4, -0.2) is 33.1 Å². The standard InChI is InChI=1S/C15H33NO2/c1-5-7-9-11-14(12-10-8-6-2)16-13-15(17-3)18-4/h14-16H,5-13H2,1-4H3. The Balaban J connectivity index is 3.86. The Kier molecular flexibility index (Phi) is 13.2. The van der Waals surface area contributed by atoms with Gasteiger partial charge in [0, 0.05) is 26.8 Å². The largest absolute Gasteiger partial charge is 0.355 e. The van der Waals surface area contributed by atoms with E-state index in [4.69, 9.17) is 9.47 Å². The third-order valence-corrected chi connectivity index (χ3v) is 3.41. The van der Waals surface area contributed by atoms with E-state index in [1.807, 2.05) is 0 Å². The molecular weight excluding hydrogens is 226 g/mol. The summed E-state index contributed by atoms with van der Waals surface area (Å²) in [6, 6.07) is 0.621. The lowest BCUT2D eigenvalue weighted by molar-refractivity contribution is -0.100. The zero-order valence-corrected chi connectivity index (χ0v) is 12.8. The zero-order valence-electron chi connectivity index (χ0n) is 12.8. The Morgan fingerprint density at radius 2 is 1.33 bits per heavy atom. The van der Waals surface area contributed by atoms with Crippen LogP contribution in [0.1, 0.15) is 65.2 Å². The van der Waals surface area contributed by atoms with Crippen LogP contribution in [0.5, 0.6) is 0 Å². The zero-order chi connectivity index (χ0) is 13.6. The van der Waals surface area contributed by atoms with Gasteiger partial charge in [0.2, 0.25) is 0 Å². The van der Waals surface area contributed by atoms with E-state index < -0.39 is 0 Å². The molecule has 0 unspecified atom stereocenters. The Morgan fingerprint density at radius 1 is 0.833 bits per heavy atom. The molecule has 0 aromatic rings. The van der Waals surface area contributed by atoms with Crippen LogP contribution in [-0.2, 0) is 9.47 Å². The van der Waals surface area contributed by atoms with Crippen molar-refractivity contribution < 1.29 is 9.47 Å². The Bertz CT molecular complexity index is 151. The second-order valence-corrected chi connectivity index (χ2v) is 5.00. The molecular formula is C15H33NO2. The van der Waals surface area contributed by atoms with Gasteiger partial charge in [-0.3, -0.25) is 0 Å². The van der Waals surface area contributed by atoms with Crippen molar-refractivity contribution in [3.63, 3.8) is 0 Å². The second-order valence-electron chi connectivity index (χ2n) is 5.00. The molecule has 0 saturated heterocycles. The molecule has 0 aliphatic carbocycles. The molecule has 0 heterocycles. The van der Waals surface area contributed by atoms with E-state index in [0.29, 0.717) is 6.04 Å². The van der Waals surface area contributed by atoms with Gasteiger partial charge in [-0.15, -0.1) is 0 Å². The van der Waals surface area contributed by atoms with E-state index in [1.54, 1.807) is 14.2 Å². The molecule has 0 amide bonds. The van der Waals surface area contributed by atoms with Crippen molar-refractivity contribution in [2.75, 3.05) is 20.8 Å². The van der Waals surface area contributed by atoms with Crippen LogP contribution in [0.15, 0.2) is 0 Å². The number of nitrogens with one attached hydrogen (secondary N) is 1. The summed E-state index contributed by atoms with van der Waals surface area (Å²) in [5.41, 5.74) is 0. The van der Waals surface area contributed by atoms with Gasteiger partial charge < -0.3 is 14.8 Å². The third kappa shape index (κ3) is 9.86. The summed E-state index contributed by atoms with van der Waals surface area (Å²) >= 11 is 0. The van der Waals surface area contributed by atoms with Crippen molar-refractivity contribution in [3.8, 4) is 0 Å². The van der Waals surface area contributed by atoms with Gasteiger partial charge in [0.15, 0.2) is 6.29 Å². The monoisotopic (exact) mass is 259 g/mol. The molecule has 0 aliphatic heterocycles. The van der Waals surface area contributed by atoms with Crippen LogP contribution in [0.4, 0.5) is 0 Å². The molecule has 0 atom stereocenters. The lowest BCUT2D eigenvalue weighted by Crippen LogP contribution is -2.37. The van der Waals surface area contributed by atoms with Gasteiger partial charge in [0.1, 0.15) is 0 Å². The maximum Gasteiger partial charge on any atom is 0.169 e. The summed E-state index contributed by atoms with van der Waals surface area (Å²) in [5.74, 6) is 0. The maximum absolute atomic E-state index is 5.22. The molecule has 18 heavy (non-hydrogen) atoms. The first-order chi connectivity index (χ1) is 8.78. The number of ether oxygens (including phenoxy) is 2. The molecule has 0 fully saturated rings. The van der Waals surface area contributed by atoms with Gasteiger partial charge >= 0.3 is 0 Å². The number of hydrogen-bond donors (Lipinski definition) is 1. The van der Waals surface area contributed by atoms with Crippen LogP contribution in [0.3, 0.4) is 0 Å². The van der Waals surface area contributed by atoms with Gasteiger partial charge in [-0.2, -0.15) is 0 Å². The fourth-order valence-electron chi connectivity index (χ4n) is 2.16. The molecule has 3 nitrogen and oxygen atoms in total. The molecule has 110 valence electrons. The topological polar surface area (TPSA) is 30.5 Å². The molecule has 3 heteroatoms. The number of unbranched alkanes of at least 4 members (excludes halogenated alkanes) is 4. The minimum Gasteiger partial charge on any atom is -0.355 e. The Hall–Kier alpha value is -0.120. The molecule has 1 N–H and O–H groups in total. The summed E-state index contributed by atoms with van der Waals surface area (Å²) in [7, 11) is 3.39. The average molecular weight is 259 g/mol. The first-order valence-corrected chi connectivity index (χ1v) is 7.57. The van der Waals surface area contributed by atoms with E-state index in [2.05, 4.69) is 19.2 Å². The minimum absolute atomic E-state index is 0.121. The van der Waals surface area contributed by atoms with Crippen LogP contribution in [0.2, 0.25) is 0 Å². The highest BCUT2D eigenvalue weighted by molar-refractivity contribution is 4.68. The smallest absolute Gasteiger partial charge is 0.169 e. The van der Waals surface area contributed by atoms with E-state index in [9.17, 15) is 0 Å². The predicted molar refractivity (Wildman–Crippen MR) is 77.9 cm³/mol. The van der Waals surface area contributed by atoms with Crippen LogP contribution in [0, 0.1) is 0 Å². The molecule has 0 radical (unpaired) electrons. The van der Waals surface area contributed by atoms with Crippen molar-refractivity contribution in [1.82, 2.24) is 5.32 Å². The molecule has 0 aliphatic rings. The second kappa shape index (κ2) is 13.3. The highest BCUT2D eigenvalue weighted by Gasteiger charge is 2.11.